The first kappa shape index (κ1) is 20.3. The van der Waals surface area contributed by atoms with Crippen LogP contribution in [-0.4, -0.2) is 72.8 Å². The molecule has 4 atom stereocenters. The van der Waals surface area contributed by atoms with Gasteiger partial charge in [-0.1, -0.05) is 12.1 Å². The molecule has 2 aromatic heterocycles. The largest absolute Gasteiger partial charge is 0.394 e. The fourth-order valence-electron chi connectivity index (χ4n) is 5.41. The van der Waals surface area contributed by atoms with E-state index in [1.807, 2.05) is 11.0 Å². The first-order chi connectivity index (χ1) is 15.4. The number of halogens is 2. The second-order valence-electron chi connectivity index (χ2n) is 8.78. The van der Waals surface area contributed by atoms with Gasteiger partial charge in [-0.05, 0) is 36.1 Å². The lowest BCUT2D eigenvalue weighted by Crippen LogP contribution is -2.59. The molecule has 2 saturated heterocycles. The van der Waals surface area contributed by atoms with Crippen LogP contribution in [0.4, 0.5) is 10.2 Å². The van der Waals surface area contributed by atoms with Crippen molar-refractivity contribution < 1.29 is 24.4 Å². The van der Waals surface area contributed by atoms with Gasteiger partial charge in [0.2, 0.25) is 5.28 Å². The molecule has 32 heavy (non-hydrogen) atoms. The highest BCUT2D eigenvalue weighted by atomic mass is 35.5. The van der Waals surface area contributed by atoms with Gasteiger partial charge in [-0.15, -0.1) is 0 Å². The van der Waals surface area contributed by atoms with Gasteiger partial charge in [-0.2, -0.15) is 9.97 Å². The molecule has 3 N–H and O–H groups in total. The van der Waals surface area contributed by atoms with Gasteiger partial charge in [0.25, 0.3) is 0 Å². The Morgan fingerprint density at radius 3 is 2.78 bits per heavy atom. The van der Waals surface area contributed by atoms with Gasteiger partial charge < -0.3 is 25.0 Å². The van der Waals surface area contributed by atoms with E-state index in [1.54, 1.807) is 6.07 Å². The summed E-state index contributed by atoms with van der Waals surface area (Å²) in [6, 6.07) is 5.25. The van der Waals surface area contributed by atoms with Gasteiger partial charge in [-0.3, -0.25) is 4.57 Å². The van der Waals surface area contributed by atoms with Gasteiger partial charge >= 0.3 is 0 Å². The number of hydrogen-bond donors (Lipinski definition) is 3. The SMILES string of the molecule is OC[C@H]1O[C@@H](n2cnc3c(N4CC5(CCc6cccc(F)c65)C4)nc(Cl)nc32)C(O)C1O. The summed E-state index contributed by atoms with van der Waals surface area (Å²) in [6.45, 7) is 0.740. The van der Waals surface area contributed by atoms with Crippen molar-refractivity contribution in [3.05, 3.63) is 46.8 Å². The minimum atomic E-state index is -1.27. The zero-order valence-corrected chi connectivity index (χ0v) is 17.7. The molecule has 168 valence electrons. The zero-order chi connectivity index (χ0) is 22.2. The number of nitrogens with zero attached hydrogens (tertiary/aromatic N) is 5. The van der Waals surface area contributed by atoms with Gasteiger partial charge in [0.1, 0.15) is 24.1 Å². The Morgan fingerprint density at radius 1 is 1.22 bits per heavy atom. The van der Waals surface area contributed by atoms with Crippen LogP contribution in [0.25, 0.3) is 11.2 Å². The van der Waals surface area contributed by atoms with Gasteiger partial charge in [0, 0.05) is 24.1 Å². The monoisotopic (exact) mass is 461 g/mol. The number of ether oxygens (including phenoxy) is 1. The Labute approximate surface area is 187 Å². The van der Waals surface area contributed by atoms with E-state index in [2.05, 4.69) is 15.0 Å². The number of aliphatic hydroxyl groups excluding tert-OH is 3. The second-order valence-corrected chi connectivity index (χ2v) is 9.12. The Kier molecular flexibility index (Phi) is 4.47. The molecular weight excluding hydrogens is 441 g/mol. The van der Waals surface area contributed by atoms with Gasteiger partial charge in [0.05, 0.1) is 12.9 Å². The minimum Gasteiger partial charge on any atom is -0.394 e. The molecule has 0 saturated carbocycles. The van der Waals surface area contributed by atoms with Crippen molar-refractivity contribution >= 4 is 28.6 Å². The molecule has 0 radical (unpaired) electrons. The van der Waals surface area contributed by atoms with E-state index in [0.717, 1.165) is 24.0 Å². The van der Waals surface area contributed by atoms with E-state index in [-0.39, 0.29) is 16.5 Å². The highest BCUT2D eigenvalue weighted by Crippen LogP contribution is 2.48. The Bertz CT molecular complexity index is 1220. The van der Waals surface area contributed by atoms with Crippen LogP contribution in [0, 0.1) is 5.82 Å². The van der Waals surface area contributed by atoms with Crippen molar-refractivity contribution in [1.29, 1.82) is 0 Å². The maximum Gasteiger partial charge on any atom is 0.226 e. The van der Waals surface area contributed by atoms with Crippen LogP contribution in [0.15, 0.2) is 24.5 Å². The molecule has 0 bridgehead atoms. The Hall–Kier alpha value is -2.37. The van der Waals surface area contributed by atoms with Crippen LogP contribution in [-0.2, 0) is 16.6 Å². The van der Waals surface area contributed by atoms with Crippen molar-refractivity contribution in [1.82, 2.24) is 19.5 Å². The molecule has 1 aliphatic carbocycles. The molecule has 6 rings (SSSR count). The first-order valence-electron chi connectivity index (χ1n) is 10.5. The fourth-order valence-corrected chi connectivity index (χ4v) is 5.57. The predicted octanol–water partition coefficient (Wildman–Crippen LogP) is 0.935. The third-order valence-corrected chi connectivity index (χ3v) is 7.13. The number of hydrogen-bond acceptors (Lipinski definition) is 8. The summed E-state index contributed by atoms with van der Waals surface area (Å²) < 4.78 is 21.7. The van der Waals surface area contributed by atoms with Gasteiger partial charge in [0.15, 0.2) is 23.2 Å². The maximum absolute atomic E-state index is 14.6. The molecule has 4 heterocycles. The topological polar surface area (TPSA) is 117 Å². The molecule has 3 aromatic rings. The summed E-state index contributed by atoms with van der Waals surface area (Å²) in [5.41, 5.74) is 2.41. The molecule has 2 unspecified atom stereocenters. The second kappa shape index (κ2) is 7.06. The first-order valence-corrected chi connectivity index (χ1v) is 10.8. The van der Waals surface area contributed by atoms with Crippen LogP contribution >= 0.6 is 11.6 Å². The lowest BCUT2D eigenvalue weighted by molar-refractivity contribution is -0.0511. The van der Waals surface area contributed by atoms with Crippen LogP contribution in [0.3, 0.4) is 0 Å². The number of anilines is 1. The lowest BCUT2D eigenvalue weighted by Gasteiger charge is -2.49. The van der Waals surface area contributed by atoms with Crippen molar-refractivity contribution in [2.24, 2.45) is 0 Å². The third-order valence-electron chi connectivity index (χ3n) is 6.96. The van der Waals surface area contributed by atoms with Crippen molar-refractivity contribution in [3.8, 4) is 0 Å². The van der Waals surface area contributed by atoms with Crippen molar-refractivity contribution in [2.45, 2.75) is 42.8 Å². The van der Waals surface area contributed by atoms with E-state index in [4.69, 9.17) is 16.3 Å². The number of rotatable bonds is 3. The number of imidazole rings is 1. The highest BCUT2D eigenvalue weighted by molar-refractivity contribution is 6.28. The van der Waals surface area contributed by atoms with Crippen molar-refractivity contribution in [2.75, 3.05) is 24.6 Å². The van der Waals surface area contributed by atoms with Crippen LogP contribution in [0.5, 0.6) is 0 Å². The van der Waals surface area contributed by atoms with Crippen molar-refractivity contribution in [3.63, 3.8) is 0 Å². The summed E-state index contributed by atoms with van der Waals surface area (Å²) in [7, 11) is 0. The average Bonchev–Trinajstić information content (AvgIpc) is 3.42. The van der Waals surface area contributed by atoms with E-state index < -0.39 is 31.1 Å². The summed E-state index contributed by atoms with van der Waals surface area (Å²) >= 11 is 6.22. The highest BCUT2D eigenvalue weighted by Gasteiger charge is 2.51. The van der Waals surface area contributed by atoms with Crippen LogP contribution in [0.2, 0.25) is 5.28 Å². The Morgan fingerprint density at radius 2 is 2.03 bits per heavy atom. The smallest absolute Gasteiger partial charge is 0.226 e. The predicted molar refractivity (Wildman–Crippen MR) is 112 cm³/mol. The summed E-state index contributed by atoms with van der Waals surface area (Å²) in [4.78, 5) is 15.1. The molecule has 1 spiro atoms. The summed E-state index contributed by atoms with van der Waals surface area (Å²) in [6.07, 6.45) is -1.25. The molecule has 9 nitrogen and oxygen atoms in total. The summed E-state index contributed by atoms with van der Waals surface area (Å²) in [5.74, 6) is 0.361. The fraction of sp³-hybridized carbons (Fsp3) is 0.476. The quantitative estimate of drug-likeness (QED) is 0.493. The lowest BCUT2D eigenvalue weighted by atomic mass is 9.74. The number of aromatic nitrogens is 4. The molecule has 1 aromatic carbocycles. The van der Waals surface area contributed by atoms with E-state index in [1.165, 1.54) is 17.0 Å². The molecular formula is C21H21ClFN5O4. The molecule has 3 aliphatic rings. The van der Waals surface area contributed by atoms with E-state index >= 15 is 0 Å². The maximum atomic E-state index is 14.6. The minimum absolute atomic E-state index is 0.0000500. The number of aryl methyl sites for hydroxylation is 1. The number of benzene rings is 1. The van der Waals surface area contributed by atoms with E-state index in [9.17, 15) is 19.7 Å². The standard InChI is InChI=1S/C21H21ClFN5O4/c22-20-25-17(27-7-21(8-27)5-4-10-2-1-3-11(23)13(10)21)14-18(26-20)28(9-24-14)19-16(31)15(30)12(6-29)32-19/h1-3,9,12,15-16,19,29-31H,4-8H2/t12-,15?,16?,19-/m1/s1. The normalized spacial score (nSPS) is 28.5. The molecule has 11 heteroatoms. The zero-order valence-electron chi connectivity index (χ0n) is 16.9. The van der Waals surface area contributed by atoms with Gasteiger partial charge in [-0.25, -0.2) is 9.37 Å². The molecule has 2 fully saturated rings. The summed E-state index contributed by atoms with van der Waals surface area (Å²) in [5, 5.41) is 29.9. The van der Waals surface area contributed by atoms with Crippen LogP contribution in [0.1, 0.15) is 23.8 Å². The third kappa shape index (κ3) is 2.74. The van der Waals surface area contributed by atoms with E-state index in [0.29, 0.717) is 30.1 Å². The average molecular weight is 462 g/mol. The van der Waals surface area contributed by atoms with Crippen LogP contribution < -0.4 is 4.90 Å². The number of fused-ring (bicyclic) bond motifs is 3. The number of aliphatic hydroxyl groups is 3. The Balaban J connectivity index is 1.35. The molecule has 2 aliphatic heterocycles. The molecule has 0 amide bonds.